The van der Waals surface area contributed by atoms with Gasteiger partial charge < -0.3 is 15.5 Å². The van der Waals surface area contributed by atoms with Crippen LogP contribution in [0, 0.1) is 5.92 Å². The van der Waals surface area contributed by atoms with Gasteiger partial charge in [-0.3, -0.25) is 14.4 Å². The fourth-order valence-corrected chi connectivity index (χ4v) is 3.46. The summed E-state index contributed by atoms with van der Waals surface area (Å²) in [7, 11) is 0. The second-order valence-corrected chi connectivity index (χ2v) is 7.09. The standard InChI is InChI=1S/C17H20ClN3O3/c1-9(2)14-17(24)21-8-12(7-13(21)16(23)20-14)19-15(22)10-4-3-5-11(18)6-10/h3-6,9,12-14H,7-8H2,1-2H3,(H,19,22)(H,20,23)/t12-,13-,14-/m0/s1. The largest absolute Gasteiger partial charge is 0.347 e. The number of fused-ring (bicyclic) bond motifs is 1. The summed E-state index contributed by atoms with van der Waals surface area (Å²) in [6.07, 6.45) is 0.425. The van der Waals surface area contributed by atoms with Gasteiger partial charge in [-0.15, -0.1) is 0 Å². The zero-order valence-corrected chi connectivity index (χ0v) is 14.3. The van der Waals surface area contributed by atoms with Gasteiger partial charge in [-0.1, -0.05) is 31.5 Å². The first-order valence-electron chi connectivity index (χ1n) is 8.04. The molecule has 2 aliphatic rings. The maximum Gasteiger partial charge on any atom is 0.251 e. The van der Waals surface area contributed by atoms with Crippen molar-refractivity contribution in [1.29, 1.82) is 0 Å². The Labute approximate surface area is 145 Å². The molecule has 0 saturated carbocycles. The third-order valence-electron chi connectivity index (χ3n) is 4.54. The lowest BCUT2D eigenvalue weighted by atomic mass is 9.98. The molecule has 1 aromatic rings. The first-order valence-corrected chi connectivity index (χ1v) is 8.42. The van der Waals surface area contributed by atoms with Gasteiger partial charge in [0.2, 0.25) is 11.8 Å². The maximum atomic E-state index is 12.5. The predicted octanol–water partition coefficient (Wildman–Crippen LogP) is 1.19. The Kier molecular flexibility index (Phi) is 4.49. The fraction of sp³-hybridized carbons (Fsp3) is 0.471. The third-order valence-corrected chi connectivity index (χ3v) is 4.77. The molecule has 2 heterocycles. The van der Waals surface area contributed by atoms with Gasteiger partial charge in [-0.25, -0.2) is 0 Å². The lowest BCUT2D eigenvalue weighted by Crippen LogP contribution is -2.62. The number of nitrogens with one attached hydrogen (secondary N) is 2. The maximum absolute atomic E-state index is 12.5. The van der Waals surface area contributed by atoms with Crippen LogP contribution >= 0.6 is 11.6 Å². The SMILES string of the molecule is CC(C)[C@@H]1NC(=O)[C@@H]2C[C@H](NC(=O)c3cccc(Cl)c3)CN2C1=O. The molecule has 2 fully saturated rings. The number of piperazine rings is 1. The molecule has 3 rings (SSSR count). The number of hydrogen-bond acceptors (Lipinski definition) is 3. The molecule has 0 bridgehead atoms. The van der Waals surface area contributed by atoms with E-state index in [-0.39, 0.29) is 29.7 Å². The molecule has 128 valence electrons. The number of amides is 3. The minimum Gasteiger partial charge on any atom is -0.347 e. The van der Waals surface area contributed by atoms with E-state index in [1.165, 1.54) is 0 Å². The van der Waals surface area contributed by atoms with E-state index in [4.69, 9.17) is 11.6 Å². The van der Waals surface area contributed by atoms with Crippen molar-refractivity contribution >= 4 is 29.3 Å². The second kappa shape index (κ2) is 6.43. The molecule has 24 heavy (non-hydrogen) atoms. The molecule has 6 nitrogen and oxygen atoms in total. The van der Waals surface area contributed by atoms with E-state index in [0.29, 0.717) is 23.6 Å². The van der Waals surface area contributed by atoms with Crippen molar-refractivity contribution in [2.45, 2.75) is 38.4 Å². The number of carbonyl (C=O) groups excluding carboxylic acids is 3. The molecule has 0 radical (unpaired) electrons. The lowest BCUT2D eigenvalue weighted by molar-refractivity contribution is -0.148. The number of benzene rings is 1. The summed E-state index contributed by atoms with van der Waals surface area (Å²) in [4.78, 5) is 38.7. The lowest BCUT2D eigenvalue weighted by Gasteiger charge is -2.36. The second-order valence-electron chi connectivity index (χ2n) is 6.65. The highest BCUT2D eigenvalue weighted by atomic mass is 35.5. The van der Waals surface area contributed by atoms with E-state index in [1.807, 2.05) is 13.8 Å². The first-order chi connectivity index (χ1) is 11.4. The highest BCUT2D eigenvalue weighted by Gasteiger charge is 2.47. The van der Waals surface area contributed by atoms with E-state index in [2.05, 4.69) is 10.6 Å². The summed E-state index contributed by atoms with van der Waals surface area (Å²) in [6, 6.07) is 5.43. The van der Waals surface area contributed by atoms with Crippen molar-refractivity contribution < 1.29 is 14.4 Å². The monoisotopic (exact) mass is 349 g/mol. The summed E-state index contributed by atoms with van der Waals surface area (Å²) >= 11 is 5.90. The van der Waals surface area contributed by atoms with Gasteiger partial charge in [0.05, 0.1) is 0 Å². The molecule has 2 aliphatic heterocycles. The van der Waals surface area contributed by atoms with Crippen LogP contribution in [0.3, 0.4) is 0 Å². The average molecular weight is 350 g/mol. The summed E-state index contributed by atoms with van der Waals surface area (Å²) in [5.74, 6) is -0.444. The molecule has 0 spiro atoms. The summed E-state index contributed by atoms with van der Waals surface area (Å²) in [5, 5.41) is 6.17. The van der Waals surface area contributed by atoms with Crippen LogP contribution in [0.15, 0.2) is 24.3 Å². The predicted molar refractivity (Wildman–Crippen MR) is 89.6 cm³/mol. The van der Waals surface area contributed by atoms with Gasteiger partial charge in [-0.2, -0.15) is 0 Å². The topological polar surface area (TPSA) is 78.5 Å². The molecular weight excluding hydrogens is 330 g/mol. The molecule has 2 N–H and O–H groups in total. The van der Waals surface area contributed by atoms with E-state index in [1.54, 1.807) is 29.2 Å². The molecule has 1 aromatic carbocycles. The van der Waals surface area contributed by atoms with Gasteiger partial charge in [0.25, 0.3) is 5.91 Å². The molecule has 0 aliphatic carbocycles. The van der Waals surface area contributed by atoms with Crippen molar-refractivity contribution in [3.8, 4) is 0 Å². The van der Waals surface area contributed by atoms with Gasteiger partial charge in [0.15, 0.2) is 0 Å². The summed E-state index contributed by atoms with van der Waals surface area (Å²) in [6.45, 7) is 4.15. The van der Waals surface area contributed by atoms with Crippen molar-refractivity contribution in [2.75, 3.05) is 6.54 Å². The molecule has 0 aromatic heterocycles. The fourth-order valence-electron chi connectivity index (χ4n) is 3.27. The Hall–Kier alpha value is -2.08. The van der Waals surface area contributed by atoms with E-state index >= 15 is 0 Å². The molecular formula is C17H20ClN3O3. The van der Waals surface area contributed by atoms with Crippen LogP contribution in [0.25, 0.3) is 0 Å². The zero-order chi connectivity index (χ0) is 17.4. The van der Waals surface area contributed by atoms with Crippen molar-refractivity contribution in [3.05, 3.63) is 34.9 Å². The Balaban J connectivity index is 1.69. The molecule has 0 unspecified atom stereocenters. The Morgan fingerprint density at radius 3 is 2.79 bits per heavy atom. The molecule has 3 amide bonds. The zero-order valence-electron chi connectivity index (χ0n) is 13.6. The van der Waals surface area contributed by atoms with Gasteiger partial charge in [0, 0.05) is 23.2 Å². The first kappa shape index (κ1) is 16.8. The van der Waals surface area contributed by atoms with Crippen molar-refractivity contribution in [1.82, 2.24) is 15.5 Å². The minimum absolute atomic E-state index is 0.0301. The number of rotatable bonds is 3. The van der Waals surface area contributed by atoms with Gasteiger partial charge >= 0.3 is 0 Å². The van der Waals surface area contributed by atoms with Crippen LogP contribution in [0.1, 0.15) is 30.6 Å². The normalized spacial score (nSPS) is 26.3. The Morgan fingerprint density at radius 2 is 2.12 bits per heavy atom. The quantitative estimate of drug-likeness (QED) is 0.860. The number of halogens is 1. The average Bonchev–Trinajstić information content (AvgIpc) is 2.95. The molecule has 3 atom stereocenters. The molecule has 2 saturated heterocycles. The van der Waals surface area contributed by atoms with Crippen LogP contribution in [0.4, 0.5) is 0 Å². The van der Waals surface area contributed by atoms with Crippen molar-refractivity contribution in [2.24, 2.45) is 5.92 Å². The van der Waals surface area contributed by atoms with Crippen LogP contribution in [-0.2, 0) is 9.59 Å². The highest BCUT2D eigenvalue weighted by Crippen LogP contribution is 2.25. The number of nitrogens with zero attached hydrogens (tertiary/aromatic N) is 1. The van der Waals surface area contributed by atoms with Crippen molar-refractivity contribution in [3.63, 3.8) is 0 Å². The molecule has 7 heteroatoms. The van der Waals surface area contributed by atoms with Crippen LogP contribution in [0.5, 0.6) is 0 Å². The van der Waals surface area contributed by atoms with Crippen LogP contribution in [-0.4, -0.2) is 47.3 Å². The minimum atomic E-state index is -0.503. The summed E-state index contributed by atoms with van der Waals surface area (Å²) in [5.41, 5.74) is 0.461. The smallest absolute Gasteiger partial charge is 0.251 e. The third kappa shape index (κ3) is 3.11. The Bertz CT molecular complexity index is 691. The van der Waals surface area contributed by atoms with Crippen LogP contribution in [0.2, 0.25) is 5.02 Å². The van der Waals surface area contributed by atoms with Crippen LogP contribution < -0.4 is 10.6 Å². The Morgan fingerprint density at radius 1 is 1.38 bits per heavy atom. The number of hydrogen-bond donors (Lipinski definition) is 2. The van der Waals surface area contributed by atoms with E-state index in [9.17, 15) is 14.4 Å². The summed E-state index contributed by atoms with van der Waals surface area (Å²) < 4.78 is 0. The van der Waals surface area contributed by atoms with E-state index < -0.39 is 12.1 Å². The highest BCUT2D eigenvalue weighted by molar-refractivity contribution is 6.30. The van der Waals surface area contributed by atoms with Gasteiger partial charge in [0.1, 0.15) is 12.1 Å². The van der Waals surface area contributed by atoms with E-state index in [0.717, 1.165) is 0 Å². The van der Waals surface area contributed by atoms with Gasteiger partial charge in [-0.05, 0) is 30.5 Å². The number of carbonyl (C=O) groups is 3.